The Morgan fingerprint density at radius 1 is 1.37 bits per heavy atom. The van der Waals surface area contributed by atoms with Crippen molar-refractivity contribution < 1.29 is 4.74 Å². The Morgan fingerprint density at radius 3 is 2.89 bits per heavy atom. The third kappa shape index (κ3) is 3.69. The van der Waals surface area contributed by atoms with Gasteiger partial charge in [-0.05, 0) is 36.5 Å². The molecular weight excluding hydrogens is 280 g/mol. The molecule has 1 aromatic heterocycles. The maximum Gasteiger partial charge on any atom is 0.117 e. The molecule has 0 aliphatic heterocycles. The number of hydrogen-bond acceptors (Lipinski definition) is 4. The summed E-state index contributed by atoms with van der Waals surface area (Å²) in [4.78, 5) is 1.26. The van der Waals surface area contributed by atoms with Crippen molar-refractivity contribution in [1.29, 1.82) is 0 Å². The minimum absolute atomic E-state index is 0.456. The van der Waals surface area contributed by atoms with E-state index in [-0.39, 0.29) is 0 Å². The van der Waals surface area contributed by atoms with E-state index in [1.54, 1.807) is 11.5 Å². The van der Waals surface area contributed by atoms with E-state index in [1.165, 1.54) is 4.88 Å². The molecule has 0 saturated carbocycles. The fourth-order valence-electron chi connectivity index (χ4n) is 1.78. The van der Waals surface area contributed by atoms with Crippen LogP contribution in [-0.4, -0.2) is 11.1 Å². The molecule has 0 aliphatic carbocycles. The van der Waals surface area contributed by atoms with Gasteiger partial charge in [-0.2, -0.15) is 4.37 Å². The predicted octanol–water partition coefficient (Wildman–Crippen LogP) is 4.25. The lowest BCUT2D eigenvalue weighted by atomic mass is 10.2. The summed E-state index contributed by atoms with van der Waals surface area (Å²) in [6.07, 6.45) is 0.984. The standard InChI is InChI=1S/C14H17ClN2OS/c1-3-13-14(10(2)17-19-13)16-9-18-8-11-6-4-5-7-12(11)15/h4-7,16H,3,8-9H2,1-2H3. The van der Waals surface area contributed by atoms with Gasteiger partial charge in [0.1, 0.15) is 6.73 Å². The third-order valence-electron chi connectivity index (χ3n) is 2.82. The Labute approximate surface area is 122 Å². The van der Waals surface area contributed by atoms with Crippen LogP contribution < -0.4 is 5.32 Å². The maximum atomic E-state index is 6.07. The van der Waals surface area contributed by atoms with Crippen molar-refractivity contribution in [2.75, 3.05) is 12.0 Å². The van der Waals surface area contributed by atoms with Gasteiger partial charge in [0.15, 0.2) is 0 Å². The topological polar surface area (TPSA) is 34.2 Å². The monoisotopic (exact) mass is 296 g/mol. The average Bonchev–Trinajstić information content (AvgIpc) is 2.77. The fraction of sp³-hybridized carbons (Fsp3) is 0.357. The molecule has 0 amide bonds. The second-order valence-electron chi connectivity index (χ2n) is 4.18. The number of hydrogen-bond donors (Lipinski definition) is 1. The first kappa shape index (κ1) is 14.3. The number of aromatic nitrogens is 1. The molecule has 0 atom stereocenters. The van der Waals surface area contributed by atoms with E-state index in [9.17, 15) is 0 Å². The molecule has 0 bridgehead atoms. The SMILES string of the molecule is CCc1snc(C)c1NCOCc1ccccc1Cl. The van der Waals surface area contributed by atoms with Crippen molar-refractivity contribution >= 4 is 28.8 Å². The van der Waals surface area contributed by atoms with Gasteiger partial charge in [-0.3, -0.25) is 0 Å². The van der Waals surface area contributed by atoms with Crippen LogP contribution >= 0.6 is 23.1 Å². The summed E-state index contributed by atoms with van der Waals surface area (Å²) in [6.45, 7) is 5.09. The number of nitrogens with one attached hydrogen (secondary N) is 1. The van der Waals surface area contributed by atoms with Gasteiger partial charge in [-0.1, -0.05) is 36.7 Å². The molecule has 2 rings (SSSR count). The number of rotatable bonds is 6. The Bertz CT molecular complexity index is 542. The highest BCUT2D eigenvalue weighted by atomic mass is 35.5. The van der Waals surface area contributed by atoms with Crippen LogP contribution in [0.4, 0.5) is 5.69 Å². The van der Waals surface area contributed by atoms with Crippen LogP contribution in [0.15, 0.2) is 24.3 Å². The number of benzene rings is 1. The van der Waals surface area contributed by atoms with Crippen molar-refractivity contribution in [3.05, 3.63) is 45.4 Å². The van der Waals surface area contributed by atoms with Gasteiger partial charge in [-0.25, -0.2) is 0 Å². The summed E-state index contributed by atoms with van der Waals surface area (Å²) in [5.41, 5.74) is 3.14. The zero-order valence-corrected chi connectivity index (χ0v) is 12.6. The normalized spacial score (nSPS) is 10.7. The first-order valence-corrected chi connectivity index (χ1v) is 7.37. The molecule has 1 N–H and O–H groups in total. The van der Waals surface area contributed by atoms with Crippen molar-refractivity contribution in [1.82, 2.24) is 4.37 Å². The summed E-state index contributed by atoms with van der Waals surface area (Å²) in [7, 11) is 0. The first-order valence-electron chi connectivity index (χ1n) is 6.22. The largest absolute Gasteiger partial charge is 0.360 e. The van der Waals surface area contributed by atoms with Gasteiger partial charge in [-0.15, -0.1) is 0 Å². The first-order chi connectivity index (χ1) is 9.22. The molecule has 0 fully saturated rings. The molecule has 0 radical (unpaired) electrons. The molecule has 1 heterocycles. The second-order valence-corrected chi connectivity index (χ2v) is 5.45. The van der Waals surface area contributed by atoms with Crippen molar-refractivity contribution in [2.24, 2.45) is 0 Å². The van der Waals surface area contributed by atoms with Gasteiger partial charge in [0.2, 0.25) is 0 Å². The van der Waals surface area contributed by atoms with E-state index in [1.807, 2.05) is 31.2 Å². The Kier molecular flexibility index (Phi) is 5.19. The lowest BCUT2D eigenvalue weighted by Gasteiger charge is -2.09. The van der Waals surface area contributed by atoms with E-state index in [0.29, 0.717) is 13.3 Å². The van der Waals surface area contributed by atoms with Gasteiger partial charge >= 0.3 is 0 Å². The molecule has 0 aliphatic rings. The number of ether oxygens (including phenoxy) is 1. The van der Waals surface area contributed by atoms with Crippen LogP contribution in [0, 0.1) is 6.92 Å². The second kappa shape index (κ2) is 6.89. The van der Waals surface area contributed by atoms with Crippen LogP contribution in [-0.2, 0) is 17.8 Å². The molecule has 5 heteroatoms. The highest BCUT2D eigenvalue weighted by Crippen LogP contribution is 2.24. The van der Waals surface area contributed by atoms with Crippen molar-refractivity contribution in [2.45, 2.75) is 26.9 Å². The maximum absolute atomic E-state index is 6.07. The number of anilines is 1. The molecule has 3 nitrogen and oxygen atoms in total. The molecule has 102 valence electrons. The van der Waals surface area contributed by atoms with E-state index in [0.717, 1.165) is 28.4 Å². The van der Waals surface area contributed by atoms with Crippen molar-refractivity contribution in [3.63, 3.8) is 0 Å². The van der Waals surface area contributed by atoms with Crippen LogP contribution in [0.2, 0.25) is 5.02 Å². The van der Waals surface area contributed by atoms with Crippen LogP contribution in [0.1, 0.15) is 23.1 Å². The highest BCUT2D eigenvalue weighted by Gasteiger charge is 2.08. The number of nitrogens with zero attached hydrogens (tertiary/aromatic N) is 1. The molecule has 1 aromatic carbocycles. The summed E-state index contributed by atoms with van der Waals surface area (Å²) in [5, 5.41) is 4.03. The number of halogens is 1. The van der Waals surface area contributed by atoms with Crippen molar-refractivity contribution in [3.8, 4) is 0 Å². The van der Waals surface area contributed by atoms with E-state index < -0.39 is 0 Å². The molecule has 2 aromatic rings. The summed E-state index contributed by atoms with van der Waals surface area (Å²) in [5.74, 6) is 0. The molecule has 0 saturated heterocycles. The van der Waals surface area contributed by atoms with Gasteiger partial charge in [0.05, 0.1) is 18.0 Å². The highest BCUT2D eigenvalue weighted by molar-refractivity contribution is 7.06. The Morgan fingerprint density at radius 2 is 2.16 bits per heavy atom. The van der Waals surface area contributed by atoms with Crippen LogP contribution in [0.25, 0.3) is 0 Å². The minimum Gasteiger partial charge on any atom is -0.360 e. The van der Waals surface area contributed by atoms with E-state index >= 15 is 0 Å². The lowest BCUT2D eigenvalue weighted by Crippen LogP contribution is -2.07. The zero-order valence-electron chi connectivity index (χ0n) is 11.1. The van der Waals surface area contributed by atoms with Gasteiger partial charge in [0.25, 0.3) is 0 Å². The number of aryl methyl sites for hydroxylation is 2. The molecular formula is C14H17ClN2OS. The van der Waals surface area contributed by atoms with Gasteiger partial charge < -0.3 is 10.1 Å². The molecule has 0 unspecified atom stereocenters. The van der Waals surface area contributed by atoms with E-state index in [4.69, 9.17) is 16.3 Å². The quantitative estimate of drug-likeness (QED) is 0.639. The average molecular weight is 297 g/mol. The third-order valence-corrected chi connectivity index (χ3v) is 4.27. The molecule has 19 heavy (non-hydrogen) atoms. The van der Waals surface area contributed by atoms with E-state index in [2.05, 4.69) is 16.6 Å². The molecule has 0 spiro atoms. The smallest absolute Gasteiger partial charge is 0.117 e. The minimum atomic E-state index is 0.456. The Hall–Kier alpha value is -1.10. The fourth-order valence-corrected chi connectivity index (χ4v) is 2.75. The van der Waals surface area contributed by atoms with Gasteiger partial charge in [0, 0.05) is 9.90 Å². The zero-order chi connectivity index (χ0) is 13.7. The lowest BCUT2D eigenvalue weighted by molar-refractivity contribution is 0.138. The predicted molar refractivity (Wildman–Crippen MR) is 81.0 cm³/mol. The Balaban J connectivity index is 1.84. The summed E-state index contributed by atoms with van der Waals surface area (Å²) < 4.78 is 9.95. The summed E-state index contributed by atoms with van der Waals surface area (Å²) in [6, 6.07) is 7.71. The summed E-state index contributed by atoms with van der Waals surface area (Å²) >= 11 is 7.61. The van der Waals surface area contributed by atoms with Crippen LogP contribution in [0.3, 0.4) is 0 Å². The van der Waals surface area contributed by atoms with Crippen LogP contribution in [0.5, 0.6) is 0 Å².